The summed E-state index contributed by atoms with van der Waals surface area (Å²) in [7, 11) is 0. The fraction of sp³-hybridized carbons (Fsp3) is 0.881. The summed E-state index contributed by atoms with van der Waals surface area (Å²) < 4.78 is 0. The van der Waals surface area contributed by atoms with Gasteiger partial charge in [-0.15, -0.1) is 0 Å². The van der Waals surface area contributed by atoms with E-state index in [9.17, 15) is 0 Å². The van der Waals surface area contributed by atoms with E-state index in [0.29, 0.717) is 17.7 Å². The van der Waals surface area contributed by atoms with Gasteiger partial charge in [-0.2, -0.15) is 0 Å². The fourth-order valence-corrected chi connectivity index (χ4v) is 8.89. The van der Waals surface area contributed by atoms with E-state index in [1.165, 1.54) is 184 Å². The Morgan fingerprint density at radius 3 is 1.59 bits per heavy atom. The predicted molar refractivity (Wildman–Crippen MR) is 193 cm³/mol. The maximum Gasteiger partial charge on any atom is 0.234 e. The Hall–Kier alpha value is -1.05. The summed E-state index contributed by atoms with van der Waals surface area (Å²) in [5, 5.41) is 0. The van der Waals surface area contributed by atoms with E-state index in [2.05, 4.69) is 32.6 Å². The van der Waals surface area contributed by atoms with Crippen molar-refractivity contribution < 1.29 is 4.79 Å². The lowest BCUT2D eigenvalue weighted by Crippen LogP contribution is -2.41. The van der Waals surface area contributed by atoms with Crippen LogP contribution < -0.4 is 0 Å². The molecule has 0 N–H and O–H groups in total. The quantitative estimate of drug-likeness (QED) is 0.304. The maximum absolute atomic E-state index is 15.5. The van der Waals surface area contributed by atoms with Crippen LogP contribution in [-0.4, -0.2) is 10.8 Å². The molecule has 0 bridgehead atoms. The number of amides is 1. The van der Waals surface area contributed by atoms with E-state index in [0.717, 1.165) is 25.7 Å². The highest BCUT2D eigenvalue weighted by Crippen LogP contribution is 2.40. The lowest BCUT2D eigenvalue weighted by molar-refractivity contribution is -0.134. The van der Waals surface area contributed by atoms with Crippen molar-refractivity contribution in [3.05, 3.63) is 22.5 Å². The zero-order chi connectivity index (χ0) is 31.4. The number of carbonyl (C=O) groups is 1. The van der Waals surface area contributed by atoms with Crippen LogP contribution in [0.25, 0.3) is 0 Å². The molecule has 0 aromatic heterocycles. The average Bonchev–Trinajstić information content (AvgIpc) is 3.11. The van der Waals surface area contributed by atoms with Crippen LogP contribution in [0.3, 0.4) is 0 Å². The molecule has 44 heavy (non-hydrogen) atoms. The van der Waals surface area contributed by atoms with Gasteiger partial charge in [-0.3, -0.25) is 9.69 Å². The normalized spacial score (nSPS) is 30.9. The second-order valence-corrected chi connectivity index (χ2v) is 15.3. The largest absolute Gasteiger partial charge is 0.288 e. The first kappa shape index (κ1) is 37.4. The standard InChI is InChI=1S/C42H75NO/c1-5-37-31-25-20-16-21-27-33-39(37)42(44)43(40-34-28-22-15-11-13-17-23-29-35(40)3)41-36(4)30-24-18-12-9-7-8-10-14-19-26-32-38(41)6-2/h36-37,39H,5-34H2,1-4H3/b40-35+,41-38+. The Morgan fingerprint density at radius 1 is 0.591 bits per heavy atom. The molecule has 3 rings (SSSR count). The Kier molecular flexibility index (Phi) is 19.1. The molecule has 2 nitrogen and oxygen atoms in total. The van der Waals surface area contributed by atoms with Crippen LogP contribution in [-0.2, 0) is 4.79 Å². The van der Waals surface area contributed by atoms with Gasteiger partial charge in [-0.05, 0) is 83.0 Å². The highest BCUT2D eigenvalue weighted by molar-refractivity contribution is 5.83. The summed E-state index contributed by atoms with van der Waals surface area (Å²) in [6, 6.07) is 0. The third-order valence-electron chi connectivity index (χ3n) is 11.8. The smallest absolute Gasteiger partial charge is 0.234 e. The minimum atomic E-state index is 0.186. The summed E-state index contributed by atoms with van der Waals surface area (Å²) >= 11 is 0. The van der Waals surface area contributed by atoms with Gasteiger partial charge in [0, 0.05) is 17.3 Å². The summed E-state index contributed by atoms with van der Waals surface area (Å²) in [6.07, 6.45) is 38.9. The molecule has 0 radical (unpaired) electrons. The van der Waals surface area contributed by atoms with Crippen molar-refractivity contribution in [1.29, 1.82) is 0 Å². The van der Waals surface area contributed by atoms with Crippen molar-refractivity contribution in [2.45, 2.75) is 220 Å². The zero-order valence-corrected chi connectivity index (χ0v) is 30.3. The Morgan fingerprint density at radius 2 is 1.05 bits per heavy atom. The Bertz CT molecular complexity index is 852. The molecular weight excluding hydrogens is 534 g/mol. The molecule has 3 atom stereocenters. The average molecular weight is 610 g/mol. The number of nitrogens with zero attached hydrogens (tertiary/aromatic N) is 1. The van der Waals surface area contributed by atoms with E-state index in [1.807, 2.05) is 0 Å². The summed E-state index contributed by atoms with van der Waals surface area (Å²) in [5.41, 5.74) is 6.07. The van der Waals surface area contributed by atoms with Crippen molar-refractivity contribution in [2.24, 2.45) is 17.8 Å². The van der Waals surface area contributed by atoms with E-state index in [4.69, 9.17) is 0 Å². The van der Waals surface area contributed by atoms with Crippen molar-refractivity contribution in [1.82, 2.24) is 4.90 Å². The molecule has 254 valence electrons. The van der Waals surface area contributed by atoms with E-state index in [1.54, 1.807) is 5.57 Å². The highest BCUT2D eigenvalue weighted by atomic mass is 16.2. The van der Waals surface area contributed by atoms with Crippen molar-refractivity contribution in [2.75, 3.05) is 0 Å². The second-order valence-electron chi connectivity index (χ2n) is 15.3. The van der Waals surface area contributed by atoms with Gasteiger partial charge in [0.2, 0.25) is 5.91 Å². The number of carbonyl (C=O) groups excluding carboxylic acids is 1. The SMILES string of the molecule is CC/C1=C(\N(C(=O)C2CCCCCCCC2CC)/C2=C(\C)CCCCCCCCC2)C(C)CCCCCCCCCCCC1. The van der Waals surface area contributed by atoms with Crippen LogP contribution in [0.2, 0.25) is 0 Å². The first-order valence-electron chi connectivity index (χ1n) is 20.3. The molecule has 0 aliphatic heterocycles. The summed E-state index contributed by atoms with van der Waals surface area (Å²) in [4.78, 5) is 18.0. The van der Waals surface area contributed by atoms with Gasteiger partial charge >= 0.3 is 0 Å². The Labute approximate surface area is 275 Å². The van der Waals surface area contributed by atoms with Crippen LogP contribution in [0.5, 0.6) is 0 Å². The van der Waals surface area contributed by atoms with Gasteiger partial charge in [0.1, 0.15) is 0 Å². The number of rotatable bonds is 5. The Balaban J connectivity index is 2.13. The van der Waals surface area contributed by atoms with Gasteiger partial charge in [0.15, 0.2) is 0 Å². The monoisotopic (exact) mass is 610 g/mol. The predicted octanol–water partition coefficient (Wildman–Crippen LogP) is 14.0. The van der Waals surface area contributed by atoms with Crippen molar-refractivity contribution in [3.63, 3.8) is 0 Å². The third kappa shape index (κ3) is 12.6. The van der Waals surface area contributed by atoms with Crippen LogP contribution >= 0.6 is 0 Å². The van der Waals surface area contributed by atoms with Crippen LogP contribution in [0.4, 0.5) is 0 Å². The second kappa shape index (κ2) is 22.5. The molecule has 1 fully saturated rings. The number of allylic oxidation sites excluding steroid dienone is 4. The number of hydrogen-bond acceptors (Lipinski definition) is 1. The lowest BCUT2D eigenvalue weighted by Gasteiger charge is -2.39. The van der Waals surface area contributed by atoms with Gasteiger partial charge in [0.25, 0.3) is 0 Å². The lowest BCUT2D eigenvalue weighted by atomic mass is 9.81. The minimum Gasteiger partial charge on any atom is -0.288 e. The van der Waals surface area contributed by atoms with E-state index >= 15 is 4.79 Å². The first-order valence-corrected chi connectivity index (χ1v) is 20.3. The van der Waals surface area contributed by atoms with Crippen molar-refractivity contribution >= 4 is 5.91 Å². The minimum absolute atomic E-state index is 0.186. The number of hydrogen-bond donors (Lipinski definition) is 0. The highest BCUT2D eigenvalue weighted by Gasteiger charge is 2.36. The zero-order valence-electron chi connectivity index (χ0n) is 30.3. The van der Waals surface area contributed by atoms with Gasteiger partial charge in [-0.25, -0.2) is 0 Å². The molecule has 3 aliphatic rings. The molecular formula is C42H75NO. The summed E-state index contributed by atoms with van der Waals surface area (Å²) in [6.45, 7) is 9.68. The molecule has 0 saturated heterocycles. The topological polar surface area (TPSA) is 20.3 Å². The molecule has 3 aliphatic carbocycles. The molecule has 0 heterocycles. The van der Waals surface area contributed by atoms with Gasteiger partial charge in [-0.1, -0.05) is 160 Å². The van der Waals surface area contributed by atoms with Crippen LogP contribution in [0, 0.1) is 17.8 Å². The molecule has 0 aromatic rings. The van der Waals surface area contributed by atoms with Crippen molar-refractivity contribution in [3.8, 4) is 0 Å². The first-order chi connectivity index (χ1) is 21.6. The third-order valence-corrected chi connectivity index (χ3v) is 11.8. The van der Waals surface area contributed by atoms with E-state index in [-0.39, 0.29) is 5.92 Å². The van der Waals surface area contributed by atoms with Crippen LogP contribution in [0.15, 0.2) is 22.5 Å². The fourth-order valence-electron chi connectivity index (χ4n) is 8.89. The van der Waals surface area contributed by atoms with Gasteiger partial charge in [0.05, 0.1) is 0 Å². The van der Waals surface area contributed by atoms with E-state index < -0.39 is 0 Å². The molecule has 2 heteroatoms. The molecule has 0 aromatic carbocycles. The van der Waals surface area contributed by atoms with Crippen LogP contribution in [0.1, 0.15) is 220 Å². The van der Waals surface area contributed by atoms with Gasteiger partial charge < -0.3 is 0 Å². The molecule has 0 spiro atoms. The molecule has 3 unspecified atom stereocenters. The molecule has 1 amide bonds. The molecule has 1 saturated carbocycles. The summed E-state index contributed by atoms with van der Waals surface area (Å²) in [5.74, 6) is 1.68. The maximum atomic E-state index is 15.5.